The first kappa shape index (κ1) is 28.1. The van der Waals surface area contributed by atoms with Crippen molar-refractivity contribution >= 4 is 35.0 Å². The molecule has 1 aliphatic heterocycles. The lowest BCUT2D eigenvalue weighted by molar-refractivity contribution is -0.114. The Hall–Kier alpha value is -5.44. The fourth-order valence-corrected chi connectivity index (χ4v) is 5.74. The van der Waals surface area contributed by atoms with Crippen molar-refractivity contribution in [2.45, 2.75) is 31.7 Å². The number of benzene rings is 4. The number of rotatable bonds is 7. The van der Waals surface area contributed by atoms with Crippen molar-refractivity contribution in [3.63, 3.8) is 0 Å². The smallest absolute Gasteiger partial charge is 0.336 e. The van der Waals surface area contributed by atoms with Gasteiger partial charge in [0, 0.05) is 34.8 Å². The van der Waals surface area contributed by atoms with Crippen molar-refractivity contribution in [3.05, 3.63) is 118 Å². The minimum Gasteiger partial charge on any atom is -0.478 e. The maximum absolute atomic E-state index is 12.2. The minimum atomic E-state index is -1.21. The van der Waals surface area contributed by atoms with Crippen molar-refractivity contribution in [3.8, 4) is 11.1 Å². The highest BCUT2D eigenvalue weighted by Gasteiger charge is 2.39. The van der Waals surface area contributed by atoms with Gasteiger partial charge in [-0.3, -0.25) is 15.0 Å². The Bertz CT molecular complexity index is 1750. The molecule has 2 amide bonds. The summed E-state index contributed by atoms with van der Waals surface area (Å²) >= 11 is 0. The first-order valence-corrected chi connectivity index (χ1v) is 13.4. The van der Waals surface area contributed by atoms with Crippen LogP contribution in [-0.4, -0.2) is 28.7 Å². The first-order chi connectivity index (χ1) is 20.0. The number of hydrogen-bond donors (Lipinski definition) is 6. The predicted molar refractivity (Wildman–Crippen MR) is 163 cm³/mol. The molecule has 0 unspecified atom stereocenters. The van der Waals surface area contributed by atoms with Gasteiger partial charge in [-0.15, -0.1) is 0 Å². The lowest BCUT2D eigenvalue weighted by Crippen LogP contribution is -2.35. The molecule has 9 nitrogen and oxygen atoms in total. The third-order valence-corrected chi connectivity index (χ3v) is 7.80. The maximum atomic E-state index is 12.2. The van der Waals surface area contributed by atoms with E-state index in [0.29, 0.717) is 28.8 Å². The number of nitrogens with one attached hydrogen (secondary N) is 3. The number of amidine groups is 1. The summed E-state index contributed by atoms with van der Waals surface area (Å²) in [6.45, 7) is 3.56. The Morgan fingerprint density at radius 1 is 0.952 bits per heavy atom. The van der Waals surface area contributed by atoms with Gasteiger partial charge in [-0.05, 0) is 82.8 Å². The fourth-order valence-electron chi connectivity index (χ4n) is 5.74. The number of nitrogens with two attached hydrogens (primary N) is 2. The summed E-state index contributed by atoms with van der Waals surface area (Å²) in [5, 5.41) is 24.4. The molecule has 0 fully saturated rings. The van der Waals surface area contributed by atoms with Crippen molar-refractivity contribution in [1.29, 1.82) is 5.41 Å². The van der Waals surface area contributed by atoms with E-state index in [-0.39, 0.29) is 28.9 Å². The number of hydrogen-bond acceptors (Lipinski definition) is 5. The number of fused-ring (bicyclic) bond motifs is 1. The second kappa shape index (κ2) is 10.9. The SMILES string of the molecule is CC(=O)Nc1cc(-c2ccc(C(N)=O)cc2C(=O)O)cc([C@@H]2C[C@](C)(c3ccccc3)c3cc(C(=N)N)ccc3N2)c1. The third-order valence-electron chi connectivity index (χ3n) is 7.80. The molecule has 2 atom stereocenters. The zero-order valence-electron chi connectivity index (χ0n) is 23.2. The topological polar surface area (TPSA) is 171 Å². The normalized spacial score (nSPS) is 17.4. The molecule has 0 spiro atoms. The maximum Gasteiger partial charge on any atom is 0.336 e. The molecule has 212 valence electrons. The van der Waals surface area contributed by atoms with Crippen LogP contribution in [0.1, 0.15) is 69.3 Å². The second-order valence-corrected chi connectivity index (χ2v) is 10.7. The molecule has 0 bridgehead atoms. The van der Waals surface area contributed by atoms with Gasteiger partial charge in [-0.2, -0.15) is 0 Å². The van der Waals surface area contributed by atoms with Crippen LogP contribution in [-0.2, 0) is 10.2 Å². The van der Waals surface area contributed by atoms with Crippen LogP contribution in [0.3, 0.4) is 0 Å². The van der Waals surface area contributed by atoms with Crippen LogP contribution in [0.2, 0.25) is 0 Å². The molecule has 5 rings (SSSR count). The van der Waals surface area contributed by atoms with Crippen LogP contribution < -0.4 is 22.1 Å². The zero-order chi connectivity index (χ0) is 30.2. The van der Waals surface area contributed by atoms with Gasteiger partial charge in [0.1, 0.15) is 5.84 Å². The molecule has 0 saturated carbocycles. The standard InChI is InChI=1S/C33H31N5O4/c1-18(39)37-24-13-21(25-10-8-20(31(36)40)15-26(25)32(41)42)12-22(14-24)29-17-33(2,23-6-4-3-5-7-23)27-16-19(30(34)35)9-11-28(27)38-29/h3-16,29,38H,17H2,1-2H3,(H3,34,35)(H2,36,40)(H,37,39)(H,41,42)/t29-,33+/m0/s1. The van der Waals surface area contributed by atoms with Crippen molar-refractivity contribution < 1.29 is 19.5 Å². The number of carboxylic acid groups (broad SMARTS) is 1. The number of amides is 2. The van der Waals surface area contributed by atoms with Gasteiger partial charge in [0.2, 0.25) is 11.8 Å². The van der Waals surface area contributed by atoms with E-state index < -0.39 is 17.3 Å². The number of aromatic carboxylic acids is 1. The van der Waals surface area contributed by atoms with Crippen LogP contribution in [0.15, 0.2) is 84.9 Å². The van der Waals surface area contributed by atoms with E-state index in [9.17, 15) is 19.5 Å². The van der Waals surface area contributed by atoms with Gasteiger partial charge in [-0.25, -0.2) is 4.79 Å². The molecule has 0 aromatic heterocycles. The highest BCUT2D eigenvalue weighted by atomic mass is 16.4. The molecule has 0 saturated heterocycles. The van der Waals surface area contributed by atoms with E-state index in [4.69, 9.17) is 16.9 Å². The minimum absolute atomic E-state index is 0.0143. The average molecular weight is 562 g/mol. The molecule has 4 aromatic carbocycles. The van der Waals surface area contributed by atoms with Gasteiger partial charge in [-0.1, -0.05) is 43.3 Å². The quantitative estimate of drug-likeness (QED) is 0.133. The summed E-state index contributed by atoms with van der Waals surface area (Å²) in [6, 6.07) is 25.3. The van der Waals surface area contributed by atoms with Gasteiger partial charge in [0.05, 0.1) is 11.6 Å². The molecule has 8 N–H and O–H groups in total. The van der Waals surface area contributed by atoms with E-state index >= 15 is 0 Å². The van der Waals surface area contributed by atoms with Gasteiger partial charge in [0.15, 0.2) is 0 Å². The molecule has 1 aliphatic rings. The highest BCUT2D eigenvalue weighted by Crippen LogP contribution is 2.49. The molecule has 9 heteroatoms. The summed E-state index contributed by atoms with van der Waals surface area (Å²) in [5.74, 6) is -2.22. The number of anilines is 2. The fraction of sp³-hybridized carbons (Fsp3) is 0.152. The lowest BCUT2D eigenvalue weighted by Gasteiger charge is -2.42. The Balaban J connectivity index is 1.68. The van der Waals surface area contributed by atoms with E-state index in [1.54, 1.807) is 18.2 Å². The molecular weight excluding hydrogens is 530 g/mol. The van der Waals surface area contributed by atoms with E-state index in [0.717, 1.165) is 22.4 Å². The molecule has 1 heterocycles. The summed E-state index contributed by atoms with van der Waals surface area (Å²) in [7, 11) is 0. The predicted octanol–water partition coefficient (Wildman–Crippen LogP) is 5.26. The number of carbonyl (C=O) groups excluding carboxylic acids is 2. The average Bonchev–Trinajstić information content (AvgIpc) is 2.96. The van der Waals surface area contributed by atoms with Crippen LogP contribution in [0, 0.1) is 5.41 Å². The zero-order valence-corrected chi connectivity index (χ0v) is 23.2. The van der Waals surface area contributed by atoms with E-state index in [1.165, 1.54) is 19.1 Å². The van der Waals surface area contributed by atoms with Crippen LogP contribution >= 0.6 is 0 Å². The summed E-state index contributed by atoms with van der Waals surface area (Å²) in [4.78, 5) is 36.0. The second-order valence-electron chi connectivity index (χ2n) is 10.7. The van der Waals surface area contributed by atoms with Crippen LogP contribution in [0.4, 0.5) is 11.4 Å². The van der Waals surface area contributed by atoms with Crippen molar-refractivity contribution in [1.82, 2.24) is 0 Å². The Morgan fingerprint density at radius 2 is 1.67 bits per heavy atom. The van der Waals surface area contributed by atoms with E-state index in [2.05, 4.69) is 29.7 Å². The Kier molecular flexibility index (Phi) is 7.26. The highest BCUT2D eigenvalue weighted by molar-refractivity contribution is 6.01. The molecule has 4 aromatic rings. The lowest BCUT2D eigenvalue weighted by atomic mass is 9.68. The van der Waals surface area contributed by atoms with Crippen molar-refractivity contribution in [2.75, 3.05) is 10.6 Å². The van der Waals surface area contributed by atoms with E-state index in [1.807, 2.05) is 42.5 Å². The first-order valence-electron chi connectivity index (χ1n) is 13.4. The summed E-state index contributed by atoms with van der Waals surface area (Å²) in [6.07, 6.45) is 0.612. The van der Waals surface area contributed by atoms with Gasteiger partial charge >= 0.3 is 5.97 Å². The largest absolute Gasteiger partial charge is 0.478 e. The molecule has 0 aliphatic carbocycles. The van der Waals surface area contributed by atoms with Crippen LogP contribution in [0.25, 0.3) is 11.1 Å². The number of primary amides is 1. The summed E-state index contributed by atoms with van der Waals surface area (Å²) < 4.78 is 0. The number of carbonyl (C=O) groups is 3. The number of nitrogen functional groups attached to an aromatic ring is 1. The van der Waals surface area contributed by atoms with Crippen LogP contribution in [0.5, 0.6) is 0 Å². The molecular formula is C33H31N5O4. The van der Waals surface area contributed by atoms with Crippen molar-refractivity contribution in [2.24, 2.45) is 11.5 Å². The Morgan fingerprint density at radius 3 is 2.31 bits per heavy atom. The summed E-state index contributed by atoms with van der Waals surface area (Å²) in [5.41, 5.74) is 16.7. The Labute approximate surface area is 243 Å². The van der Waals surface area contributed by atoms with Gasteiger partial charge < -0.3 is 27.2 Å². The third kappa shape index (κ3) is 5.32. The number of carboxylic acids is 1. The molecule has 42 heavy (non-hydrogen) atoms. The molecule has 0 radical (unpaired) electrons. The monoisotopic (exact) mass is 561 g/mol. The van der Waals surface area contributed by atoms with Gasteiger partial charge in [0.25, 0.3) is 0 Å².